The number of rotatable bonds is 18. The van der Waals surface area contributed by atoms with Crippen LogP contribution < -0.4 is 0 Å². The highest BCUT2D eigenvalue weighted by molar-refractivity contribution is 5.77. The summed E-state index contributed by atoms with van der Waals surface area (Å²) in [5, 5.41) is 20.0. The third kappa shape index (κ3) is 11.5. The second kappa shape index (κ2) is 15.6. The van der Waals surface area contributed by atoms with Crippen LogP contribution in [-0.2, 0) is 11.2 Å². The van der Waals surface area contributed by atoms with Gasteiger partial charge in [-0.1, -0.05) is 121 Å². The van der Waals surface area contributed by atoms with Crippen molar-refractivity contribution in [2.75, 3.05) is 0 Å². The minimum atomic E-state index is -1.64. The van der Waals surface area contributed by atoms with Crippen LogP contribution in [0.3, 0.4) is 0 Å². The first-order chi connectivity index (χ1) is 13.6. The van der Waals surface area contributed by atoms with Crippen LogP contribution in [0.5, 0.6) is 0 Å². The Kier molecular flexibility index (Phi) is 13.7. The van der Waals surface area contributed by atoms with Gasteiger partial charge >= 0.3 is 5.97 Å². The molecule has 0 saturated carbocycles. The second-order valence-electron chi connectivity index (χ2n) is 8.35. The quantitative estimate of drug-likeness (QED) is 0.268. The van der Waals surface area contributed by atoms with Crippen molar-refractivity contribution in [3.63, 3.8) is 0 Å². The summed E-state index contributed by atoms with van der Waals surface area (Å²) in [5.74, 6) is -1.11. The SMILES string of the molecule is CCCCCCCCCCCCCCCCC(O)(Cc1ccccc1)C(=O)O. The molecule has 0 aliphatic carbocycles. The van der Waals surface area contributed by atoms with Gasteiger partial charge in [0.25, 0.3) is 0 Å². The lowest BCUT2D eigenvalue weighted by atomic mass is 9.89. The van der Waals surface area contributed by atoms with E-state index < -0.39 is 11.6 Å². The third-order valence-corrected chi connectivity index (χ3v) is 5.68. The first-order valence-corrected chi connectivity index (χ1v) is 11.6. The second-order valence-corrected chi connectivity index (χ2v) is 8.35. The van der Waals surface area contributed by atoms with Gasteiger partial charge in [-0.2, -0.15) is 0 Å². The molecule has 0 fully saturated rings. The Balaban J connectivity index is 2.02. The zero-order chi connectivity index (χ0) is 20.5. The zero-order valence-electron chi connectivity index (χ0n) is 18.0. The van der Waals surface area contributed by atoms with E-state index in [4.69, 9.17) is 0 Å². The van der Waals surface area contributed by atoms with Crippen molar-refractivity contribution in [1.82, 2.24) is 0 Å². The van der Waals surface area contributed by atoms with Gasteiger partial charge in [-0.15, -0.1) is 0 Å². The summed E-state index contributed by atoms with van der Waals surface area (Å²) >= 11 is 0. The number of aliphatic carboxylic acids is 1. The molecule has 0 saturated heterocycles. The molecule has 2 N–H and O–H groups in total. The molecular formula is C25H42O3. The summed E-state index contributed by atoms with van der Waals surface area (Å²) in [6.45, 7) is 2.26. The molecule has 1 aromatic carbocycles. The summed E-state index contributed by atoms with van der Waals surface area (Å²) in [6, 6.07) is 9.41. The van der Waals surface area contributed by atoms with Crippen molar-refractivity contribution in [2.24, 2.45) is 0 Å². The Labute approximate surface area is 172 Å². The Bertz CT molecular complexity index is 500. The van der Waals surface area contributed by atoms with Crippen LogP contribution in [0.2, 0.25) is 0 Å². The fourth-order valence-corrected chi connectivity index (χ4v) is 3.82. The highest BCUT2D eigenvalue weighted by Gasteiger charge is 2.35. The van der Waals surface area contributed by atoms with Gasteiger partial charge in [-0.25, -0.2) is 4.79 Å². The van der Waals surface area contributed by atoms with Crippen LogP contribution in [0.4, 0.5) is 0 Å². The van der Waals surface area contributed by atoms with E-state index in [0.717, 1.165) is 24.8 Å². The first kappa shape index (κ1) is 24.7. The normalized spacial score (nSPS) is 13.4. The number of hydrogen-bond acceptors (Lipinski definition) is 2. The predicted octanol–water partition coefficient (Wildman–Crippen LogP) is 6.92. The van der Waals surface area contributed by atoms with Crippen molar-refractivity contribution >= 4 is 5.97 Å². The van der Waals surface area contributed by atoms with Crippen LogP contribution in [0.1, 0.15) is 109 Å². The molecule has 28 heavy (non-hydrogen) atoms. The zero-order valence-corrected chi connectivity index (χ0v) is 18.0. The van der Waals surface area contributed by atoms with Gasteiger partial charge < -0.3 is 10.2 Å². The first-order valence-electron chi connectivity index (χ1n) is 11.6. The maximum atomic E-state index is 11.5. The number of unbranched alkanes of at least 4 members (excludes halogenated alkanes) is 13. The number of hydrogen-bond donors (Lipinski definition) is 2. The van der Waals surface area contributed by atoms with Crippen molar-refractivity contribution in [2.45, 2.75) is 115 Å². The molecule has 0 amide bonds. The minimum Gasteiger partial charge on any atom is -0.479 e. The largest absolute Gasteiger partial charge is 0.479 e. The van der Waals surface area contributed by atoms with Crippen molar-refractivity contribution in [3.8, 4) is 0 Å². The van der Waals surface area contributed by atoms with Gasteiger partial charge in [0.05, 0.1) is 0 Å². The molecule has 0 aromatic heterocycles. The highest BCUT2D eigenvalue weighted by atomic mass is 16.4. The molecule has 1 atom stereocenters. The van der Waals surface area contributed by atoms with Gasteiger partial charge in [0, 0.05) is 6.42 Å². The van der Waals surface area contributed by atoms with Gasteiger partial charge in [0.15, 0.2) is 5.60 Å². The standard InChI is InChI=1S/C25H42O3/c1-2-3-4-5-6-7-8-9-10-11-12-13-14-18-21-25(28,24(26)27)22-23-19-16-15-17-20-23/h15-17,19-20,28H,2-14,18,21-22H2,1H3,(H,26,27). The van der Waals surface area contributed by atoms with Crippen molar-refractivity contribution in [3.05, 3.63) is 35.9 Å². The van der Waals surface area contributed by atoms with E-state index in [9.17, 15) is 15.0 Å². The third-order valence-electron chi connectivity index (χ3n) is 5.68. The monoisotopic (exact) mass is 390 g/mol. The molecule has 1 aromatic rings. The minimum absolute atomic E-state index is 0.182. The number of aliphatic hydroxyl groups is 1. The lowest BCUT2D eigenvalue weighted by molar-refractivity contribution is -0.159. The maximum Gasteiger partial charge on any atom is 0.336 e. The van der Waals surface area contributed by atoms with Crippen molar-refractivity contribution in [1.29, 1.82) is 0 Å². The Hall–Kier alpha value is -1.35. The van der Waals surface area contributed by atoms with Crippen LogP contribution in [0.15, 0.2) is 30.3 Å². The van der Waals surface area contributed by atoms with Gasteiger partial charge in [-0.05, 0) is 18.4 Å². The summed E-state index contributed by atoms with van der Waals surface area (Å²) in [7, 11) is 0. The number of carboxylic acids is 1. The molecule has 3 heteroatoms. The predicted molar refractivity (Wildman–Crippen MR) is 118 cm³/mol. The molecule has 0 heterocycles. The molecule has 0 aliphatic heterocycles. The highest BCUT2D eigenvalue weighted by Crippen LogP contribution is 2.22. The summed E-state index contributed by atoms with van der Waals surface area (Å²) < 4.78 is 0. The van der Waals surface area contributed by atoms with E-state index in [1.807, 2.05) is 30.3 Å². The van der Waals surface area contributed by atoms with E-state index in [2.05, 4.69) is 6.92 Å². The van der Waals surface area contributed by atoms with E-state index in [0.29, 0.717) is 6.42 Å². The Morgan fingerprint density at radius 2 is 1.18 bits per heavy atom. The molecule has 0 radical (unpaired) electrons. The topological polar surface area (TPSA) is 57.5 Å². The molecule has 160 valence electrons. The van der Waals surface area contributed by atoms with E-state index in [-0.39, 0.29) is 6.42 Å². The van der Waals surface area contributed by atoms with Gasteiger partial charge in [0.1, 0.15) is 0 Å². The molecule has 0 aliphatic rings. The number of carboxylic acid groups (broad SMARTS) is 1. The fourth-order valence-electron chi connectivity index (χ4n) is 3.82. The van der Waals surface area contributed by atoms with E-state index in [1.165, 1.54) is 70.6 Å². The van der Waals surface area contributed by atoms with E-state index >= 15 is 0 Å². The Morgan fingerprint density at radius 3 is 1.61 bits per heavy atom. The summed E-state index contributed by atoms with van der Waals surface area (Å²) in [6.07, 6.45) is 18.3. The fraction of sp³-hybridized carbons (Fsp3) is 0.720. The van der Waals surface area contributed by atoms with Gasteiger partial charge in [-0.3, -0.25) is 0 Å². The molecular weight excluding hydrogens is 348 g/mol. The molecule has 3 nitrogen and oxygen atoms in total. The molecule has 0 spiro atoms. The molecule has 1 rings (SSSR count). The number of carbonyl (C=O) groups is 1. The van der Waals surface area contributed by atoms with E-state index in [1.54, 1.807) is 0 Å². The maximum absolute atomic E-state index is 11.5. The Morgan fingerprint density at radius 1 is 0.750 bits per heavy atom. The molecule has 1 unspecified atom stereocenters. The van der Waals surface area contributed by atoms with Crippen molar-refractivity contribution < 1.29 is 15.0 Å². The van der Waals surface area contributed by atoms with Crippen LogP contribution in [0.25, 0.3) is 0 Å². The average molecular weight is 391 g/mol. The number of benzene rings is 1. The van der Waals surface area contributed by atoms with Gasteiger partial charge in [0.2, 0.25) is 0 Å². The van der Waals surface area contributed by atoms with Crippen LogP contribution in [0, 0.1) is 0 Å². The lowest BCUT2D eigenvalue weighted by Gasteiger charge is -2.23. The summed E-state index contributed by atoms with van der Waals surface area (Å²) in [4.78, 5) is 11.5. The smallest absolute Gasteiger partial charge is 0.336 e. The molecule has 0 bridgehead atoms. The lowest BCUT2D eigenvalue weighted by Crippen LogP contribution is -2.40. The summed E-state index contributed by atoms with van der Waals surface area (Å²) in [5.41, 5.74) is -0.767. The van der Waals surface area contributed by atoms with Crippen LogP contribution in [-0.4, -0.2) is 21.8 Å². The average Bonchev–Trinajstić information content (AvgIpc) is 2.69. The van der Waals surface area contributed by atoms with Crippen LogP contribution >= 0.6 is 0 Å².